The van der Waals surface area contributed by atoms with Crippen molar-refractivity contribution in [1.82, 2.24) is 5.32 Å². The summed E-state index contributed by atoms with van der Waals surface area (Å²) in [6.07, 6.45) is 19.9. The fourth-order valence-electron chi connectivity index (χ4n) is 3.41. The van der Waals surface area contributed by atoms with Gasteiger partial charge in [0.25, 0.3) is 0 Å². The molecule has 0 aliphatic heterocycles. The zero-order chi connectivity index (χ0) is 22.5. The van der Waals surface area contributed by atoms with Crippen LogP contribution in [0.3, 0.4) is 0 Å². The van der Waals surface area contributed by atoms with Crippen molar-refractivity contribution in [2.45, 2.75) is 130 Å². The van der Waals surface area contributed by atoms with E-state index in [4.69, 9.17) is 4.18 Å². The molecular formula is C23H47NO5S. The van der Waals surface area contributed by atoms with Crippen LogP contribution in [-0.4, -0.2) is 33.6 Å². The standard InChI is InChI=1S/C23H47NO5S/c1-4-6-7-8-9-10-11-12-13-14-15-16-17-18-19-20-23(25)24-22(3)21-29-30(26,27)28-5-2/h22H,4-21H2,1-3H3,(H,24,25). The van der Waals surface area contributed by atoms with E-state index in [0.29, 0.717) is 6.42 Å². The third-order valence-corrected chi connectivity index (χ3v) is 6.09. The molecule has 0 bridgehead atoms. The molecule has 180 valence electrons. The molecule has 0 aliphatic rings. The smallest absolute Gasteiger partial charge is 0.351 e. The van der Waals surface area contributed by atoms with E-state index in [-0.39, 0.29) is 25.2 Å². The van der Waals surface area contributed by atoms with Gasteiger partial charge in [-0.25, -0.2) is 8.37 Å². The summed E-state index contributed by atoms with van der Waals surface area (Å²) < 4.78 is 31.8. The van der Waals surface area contributed by atoms with Crippen molar-refractivity contribution in [3.05, 3.63) is 0 Å². The first kappa shape index (κ1) is 29.3. The van der Waals surface area contributed by atoms with E-state index in [1.54, 1.807) is 13.8 Å². The monoisotopic (exact) mass is 449 g/mol. The summed E-state index contributed by atoms with van der Waals surface area (Å²) in [4.78, 5) is 11.9. The predicted octanol–water partition coefficient (Wildman–Crippen LogP) is 6.05. The molecule has 0 aromatic heterocycles. The highest BCUT2D eigenvalue weighted by molar-refractivity contribution is 7.81. The number of hydrogen-bond donors (Lipinski definition) is 1. The van der Waals surface area contributed by atoms with E-state index in [1.165, 1.54) is 83.5 Å². The van der Waals surface area contributed by atoms with Gasteiger partial charge in [0, 0.05) is 6.42 Å². The van der Waals surface area contributed by atoms with Crippen molar-refractivity contribution in [3.8, 4) is 0 Å². The van der Waals surface area contributed by atoms with Gasteiger partial charge >= 0.3 is 10.4 Å². The van der Waals surface area contributed by atoms with Gasteiger partial charge in [0.15, 0.2) is 0 Å². The minimum atomic E-state index is -3.96. The van der Waals surface area contributed by atoms with Crippen LogP contribution < -0.4 is 5.32 Å². The van der Waals surface area contributed by atoms with Gasteiger partial charge < -0.3 is 5.32 Å². The zero-order valence-corrected chi connectivity index (χ0v) is 20.6. The van der Waals surface area contributed by atoms with E-state index < -0.39 is 10.4 Å². The van der Waals surface area contributed by atoms with E-state index in [2.05, 4.69) is 16.4 Å². The number of hydrogen-bond acceptors (Lipinski definition) is 5. The van der Waals surface area contributed by atoms with Crippen LogP contribution in [0, 0.1) is 0 Å². The highest BCUT2D eigenvalue weighted by Gasteiger charge is 2.14. The molecule has 0 aromatic rings. The van der Waals surface area contributed by atoms with Crippen LogP contribution in [0.15, 0.2) is 0 Å². The van der Waals surface area contributed by atoms with Gasteiger partial charge in [0.05, 0.1) is 19.3 Å². The number of unbranched alkanes of at least 4 members (excludes halogenated alkanes) is 14. The van der Waals surface area contributed by atoms with Crippen LogP contribution in [0.1, 0.15) is 124 Å². The molecule has 0 saturated heterocycles. The summed E-state index contributed by atoms with van der Waals surface area (Å²) in [5.41, 5.74) is 0. The fourth-order valence-corrected chi connectivity index (χ4v) is 4.14. The van der Waals surface area contributed by atoms with Crippen LogP contribution in [0.25, 0.3) is 0 Å². The molecule has 30 heavy (non-hydrogen) atoms. The van der Waals surface area contributed by atoms with Crippen LogP contribution in [0.4, 0.5) is 0 Å². The Morgan fingerprint density at radius 3 is 1.60 bits per heavy atom. The first-order chi connectivity index (χ1) is 14.4. The largest absolute Gasteiger partial charge is 0.399 e. The first-order valence-electron chi connectivity index (χ1n) is 12.2. The molecule has 0 spiro atoms. The Hall–Kier alpha value is -0.660. The molecular weight excluding hydrogens is 402 g/mol. The van der Waals surface area contributed by atoms with Crippen LogP contribution in [0.2, 0.25) is 0 Å². The predicted molar refractivity (Wildman–Crippen MR) is 124 cm³/mol. The summed E-state index contributed by atoms with van der Waals surface area (Å²) in [5, 5.41) is 2.76. The Labute approximate surface area is 186 Å². The molecule has 1 N–H and O–H groups in total. The van der Waals surface area contributed by atoms with Crippen molar-refractivity contribution in [2.24, 2.45) is 0 Å². The highest BCUT2D eigenvalue weighted by atomic mass is 32.3. The van der Waals surface area contributed by atoms with Gasteiger partial charge in [-0.2, -0.15) is 8.42 Å². The Bertz CT molecular complexity index is 496. The average molecular weight is 450 g/mol. The second kappa shape index (κ2) is 20.3. The van der Waals surface area contributed by atoms with Crippen LogP contribution in [0.5, 0.6) is 0 Å². The van der Waals surface area contributed by atoms with Gasteiger partial charge in [-0.05, 0) is 20.3 Å². The van der Waals surface area contributed by atoms with E-state index in [9.17, 15) is 13.2 Å². The maximum absolute atomic E-state index is 11.9. The Balaban J connectivity index is 3.40. The lowest BCUT2D eigenvalue weighted by Gasteiger charge is -2.13. The lowest BCUT2D eigenvalue weighted by molar-refractivity contribution is -0.122. The summed E-state index contributed by atoms with van der Waals surface area (Å²) >= 11 is 0. The van der Waals surface area contributed by atoms with Crippen molar-refractivity contribution in [3.63, 3.8) is 0 Å². The van der Waals surface area contributed by atoms with E-state index in [1.807, 2.05) is 0 Å². The number of amides is 1. The minimum Gasteiger partial charge on any atom is -0.351 e. The summed E-state index contributed by atoms with van der Waals surface area (Å²) in [7, 11) is -3.96. The highest BCUT2D eigenvalue weighted by Crippen LogP contribution is 2.13. The van der Waals surface area contributed by atoms with Gasteiger partial charge in [0.1, 0.15) is 0 Å². The van der Waals surface area contributed by atoms with Crippen LogP contribution >= 0.6 is 0 Å². The molecule has 0 saturated carbocycles. The maximum Gasteiger partial charge on any atom is 0.399 e. The Morgan fingerprint density at radius 2 is 1.17 bits per heavy atom. The third kappa shape index (κ3) is 20.6. The summed E-state index contributed by atoms with van der Waals surface area (Å²) in [5.74, 6) is -0.0606. The molecule has 0 aromatic carbocycles. The van der Waals surface area contributed by atoms with Crippen LogP contribution in [-0.2, 0) is 23.6 Å². The second-order valence-corrected chi connectivity index (χ2v) is 9.56. The molecule has 6 nitrogen and oxygen atoms in total. The van der Waals surface area contributed by atoms with Crippen molar-refractivity contribution >= 4 is 16.3 Å². The first-order valence-corrected chi connectivity index (χ1v) is 13.6. The Kier molecular flexibility index (Phi) is 19.8. The van der Waals surface area contributed by atoms with Crippen molar-refractivity contribution in [1.29, 1.82) is 0 Å². The molecule has 0 fully saturated rings. The van der Waals surface area contributed by atoms with Gasteiger partial charge in [-0.15, -0.1) is 0 Å². The quantitative estimate of drug-likeness (QED) is 0.203. The lowest BCUT2D eigenvalue weighted by Crippen LogP contribution is -2.36. The molecule has 1 atom stereocenters. The van der Waals surface area contributed by atoms with Gasteiger partial charge in [-0.3, -0.25) is 4.79 Å². The molecule has 1 unspecified atom stereocenters. The molecule has 0 radical (unpaired) electrons. The van der Waals surface area contributed by atoms with Crippen molar-refractivity contribution < 1.29 is 21.6 Å². The lowest BCUT2D eigenvalue weighted by atomic mass is 10.0. The molecule has 0 heterocycles. The minimum absolute atomic E-state index is 0.0300. The third-order valence-electron chi connectivity index (χ3n) is 5.14. The maximum atomic E-state index is 11.9. The molecule has 0 rings (SSSR count). The number of carbonyl (C=O) groups is 1. The molecule has 1 amide bonds. The summed E-state index contributed by atoms with van der Waals surface area (Å²) in [6, 6.07) is -0.371. The number of rotatable bonds is 22. The van der Waals surface area contributed by atoms with Gasteiger partial charge in [-0.1, -0.05) is 96.8 Å². The van der Waals surface area contributed by atoms with E-state index >= 15 is 0 Å². The topological polar surface area (TPSA) is 81.7 Å². The molecule has 0 aliphatic carbocycles. The SMILES string of the molecule is CCCCCCCCCCCCCCCCCC(=O)NC(C)COS(=O)(=O)OCC. The molecule has 7 heteroatoms. The normalized spacial score (nSPS) is 12.8. The zero-order valence-electron chi connectivity index (χ0n) is 19.8. The van der Waals surface area contributed by atoms with E-state index in [0.717, 1.165) is 12.8 Å². The Morgan fingerprint density at radius 1 is 0.733 bits per heavy atom. The second-order valence-electron chi connectivity index (χ2n) is 8.27. The number of carbonyl (C=O) groups excluding carboxylic acids is 1. The number of nitrogens with one attached hydrogen (secondary N) is 1. The fraction of sp³-hybridized carbons (Fsp3) is 0.957. The summed E-state index contributed by atoms with van der Waals surface area (Å²) in [6.45, 7) is 5.46. The van der Waals surface area contributed by atoms with Gasteiger partial charge in [0.2, 0.25) is 5.91 Å². The average Bonchev–Trinajstić information content (AvgIpc) is 2.69. The van der Waals surface area contributed by atoms with Crippen molar-refractivity contribution in [2.75, 3.05) is 13.2 Å².